The zero-order valence-electron chi connectivity index (χ0n) is 10.7. The quantitative estimate of drug-likeness (QED) is 0.760. The molecule has 0 aromatic rings. The number of carbonyl (C=O) groups excluding carboxylic acids is 1. The van der Waals surface area contributed by atoms with Crippen LogP contribution in [-0.2, 0) is 9.53 Å². The van der Waals surface area contributed by atoms with Crippen LogP contribution in [0.25, 0.3) is 0 Å². The van der Waals surface area contributed by atoms with Crippen LogP contribution in [0.1, 0.15) is 33.6 Å². The van der Waals surface area contributed by atoms with E-state index in [-0.39, 0.29) is 17.2 Å². The molecule has 1 fully saturated rings. The number of ether oxygens (including phenoxy) is 1. The number of nitrogens with zero attached hydrogens (tertiary/aromatic N) is 1. The van der Waals surface area contributed by atoms with Gasteiger partial charge in [0.05, 0.1) is 5.25 Å². The molecule has 0 radical (unpaired) electrons. The molecule has 0 aromatic carbocycles. The molecule has 3 nitrogen and oxygen atoms in total. The van der Waals surface area contributed by atoms with E-state index in [4.69, 9.17) is 4.74 Å². The number of hydrogen-bond acceptors (Lipinski definition) is 3. The highest BCUT2D eigenvalue weighted by molar-refractivity contribution is 8.01. The second-order valence-electron chi connectivity index (χ2n) is 4.63. The summed E-state index contributed by atoms with van der Waals surface area (Å²) in [5, 5.41) is 0.656. The van der Waals surface area contributed by atoms with Crippen molar-refractivity contribution < 1.29 is 9.53 Å². The molecule has 1 aliphatic rings. The lowest BCUT2D eigenvalue weighted by Crippen LogP contribution is -2.39. The normalized spacial score (nSPS) is 19.8. The summed E-state index contributed by atoms with van der Waals surface area (Å²) in [6, 6.07) is 0.283. The van der Waals surface area contributed by atoms with Gasteiger partial charge in [0.25, 0.3) is 0 Å². The second-order valence-corrected chi connectivity index (χ2v) is 6.28. The molecule has 16 heavy (non-hydrogen) atoms. The van der Waals surface area contributed by atoms with E-state index >= 15 is 0 Å². The predicted molar refractivity (Wildman–Crippen MR) is 68.8 cm³/mol. The van der Waals surface area contributed by atoms with Gasteiger partial charge in [-0.3, -0.25) is 4.79 Å². The number of amides is 1. The van der Waals surface area contributed by atoms with Crippen molar-refractivity contribution in [1.29, 1.82) is 0 Å². The molecule has 0 bridgehead atoms. The highest BCUT2D eigenvalue weighted by Gasteiger charge is 2.24. The van der Waals surface area contributed by atoms with Crippen LogP contribution in [0.5, 0.6) is 0 Å². The third kappa shape index (κ3) is 3.98. The Kier molecular flexibility index (Phi) is 5.62. The molecule has 1 atom stereocenters. The summed E-state index contributed by atoms with van der Waals surface area (Å²) in [5.41, 5.74) is 0. The summed E-state index contributed by atoms with van der Waals surface area (Å²) in [6.07, 6.45) is 2.15. The van der Waals surface area contributed by atoms with Crippen LogP contribution in [0, 0.1) is 0 Å². The number of thioether (sulfide) groups is 1. The summed E-state index contributed by atoms with van der Waals surface area (Å²) >= 11 is 1.80. The van der Waals surface area contributed by atoms with Crippen LogP contribution >= 0.6 is 11.8 Å². The maximum Gasteiger partial charge on any atom is 0.235 e. The van der Waals surface area contributed by atoms with Crippen LogP contribution in [0.2, 0.25) is 0 Å². The maximum absolute atomic E-state index is 12.0. The van der Waals surface area contributed by atoms with Gasteiger partial charge in [-0.2, -0.15) is 0 Å². The topological polar surface area (TPSA) is 29.5 Å². The maximum atomic E-state index is 12.0. The summed E-state index contributed by atoms with van der Waals surface area (Å²) in [5.74, 6) is 0.242. The summed E-state index contributed by atoms with van der Waals surface area (Å²) < 4.78 is 5.32. The van der Waals surface area contributed by atoms with E-state index in [0.29, 0.717) is 5.25 Å². The first kappa shape index (κ1) is 13.8. The first-order valence-corrected chi connectivity index (χ1v) is 6.96. The Bertz CT molecular complexity index is 227. The molecule has 1 aliphatic heterocycles. The zero-order chi connectivity index (χ0) is 12.1. The average molecular weight is 245 g/mol. The lowest BCUT2D eigenvalue weighted by molar-refractivity contribution is -0.130. The van der Waals surface area contributed by atoms with Gasteiger partial charge in [-0.15, -0.1) is 11.8 Å². The van der Waals surface area contributed by atoms with Crippen molar-refractivity contribution in [2.45, 2.75) is 50.2 Å². The molecule has 0 saturated carbocycles. The Morgan fingerprint density at radius 2 is 1.88 bits per heavy atom. The molecule has 4 heteroatoms. The van der Waals surface area contributed by atoms with Gasteiger partial charge in [0, 0.05) is 31.6 Å². The van der Waals surface area contributed by atoms with Crippen molar-refractivity contribution in [1.82, 2.24) is 4.90 Å². The molecule has 0 spiro atoms. The molecule has 1 heterocycles. The molecular formula is C12H23NO2S. The fraction of sp³-hybridized carbons (Fsp3) is 0.917. The van der Waals surface area contributed by atoms with Gasteiger partial charge in [-0.1, -0.05) is 0 Å². The minimum absolute atomic E-state index is 0.0653. The zero-order valence-corrected chi connectivity index (χ0v) is 11.5. The van der Waals surface area contributed by atoms with E-state index in [1.165, 1.54) is 0 Å². The molecule has 94 valence electrons. The van der Waals surface area contributed by atoms with E-state index in [2.05, 4.69) is 0 Å². The van der Waals surface area contributed by atoms with Gasteiger partial charge >= 0.3 is 0 Å². The lowest BCUT2D eigenvalue weighted by Gasteiger charge is -2.28. The first-order chi connectivity index (χ1) is 7.52. The van der Waals surface area contributed by atoms with Gasteiger partial charge in [0.2, 0.25) is 5.91 Å². The van der Waals surface area contributed by atoms with Crippen molar-refractivity contribution in [3.8, 4) is 0 Å². The van der Waals surface area contributed by atoms with E-state index in [1.54, 1.807) is 11.8 Å². The van der Waals surface area contributed by atoms with Gasteiger partial charge in [0.1, 0.15) is 0 Å². The largest absolute Gasteiger partial charge is 0.381 e. The Hall–Kier alpha value is -0.220. The minimum atomic E-state index is 0.0653. The predicted octanol–water partition coefficient (Wildman–Crippen LogP) is 2.15. The Labute approximate surface area is 103 Å². The fourth-order valence-corrected chi connectivity index (χ4v) is 3.02. The van der Waals surface area contributed by atoms with Crippen LogP contribution < -0.4 is 0 Å². The van der Waals surface area contributed by atoms with Crippen molar-refractivity contribution in [2.24, 2.45) is 0 Å². The van der Waals surface area contributed by atoms with E-state index in [1.807, 2.05) is 32.7 Å². The number of hydrogen-bond donors (Lipinski definition) is 0. The smallest absolute Gasteiger partial charge is 0.235 e. The van der Waals surface area contributed by atoms with Crippen molar-refractivity contribution in [3.63, 3.8) is 0 Å². The SMILES string of the molecule is CC(C)N(C)C(=O)[C@@H](C)SC1CCOCC1. The Balaban J connectivity index is 2.38. The second kappa shape index (κ2) is 6.50. The Morgan fingerprint density at radius 3 is 2.38 bits per heavy atom. The highest BCUT2D eigenvalue weighted by atomic mass is 32.2. The van der Waals surface area contributed by atoms with E-state index in [0.717, 1.165) is 26.1 Å². The molecular weight excluding hydrogens is 222 g/mol. The molecule has 0 aliphatic carbocycles. The van der Waals surface area contributed by atoms with Gasteiger partial charge in [0.15, 0.2) is 0 Å². The van der Waals surface area contributed by atoms with Gasteiger partial charge in [-0.25, -0.2) is 0 Å². The van der Waals surface area contributed by atoms with E-state index < -0.39 is 0 Å². The van der Waals surface area contributed by atoms with Crippen LogP contribution in [0.3, 0.4) is 0 Å². The fourth-order valence-electron chi connectivity index (χ4n) is 1.70. The van der Waals surface area contributed by atoms with Crippen molar-refractivity contribution >= 4 is 17.7 Å². The van der Waals surface area contributed by atoms with Gasteiger partial charge < -0.3 is 9.64 Å². The summed E-state index contributed by atoms with van der Waals surface area (Å²) in [6.45, 7) is 7.80. The van der Waals surface area contributed by atoms with Crippen molar-refractivity contribution in [3.05, 3.63) is 0 Å². The molecule has 0 N–H and O–H groups in total. The lowest BCUT2D eigenvalue weighted by atomic mass is 10.2. The third-order valence-electron chi connectivity index (χ3n) is 3.03. The van der Waals surface area contributed by atoms with Crippen molar-refractivity contribution in [2.75, 3.05) is 20.3 Å². The van der Waals surface area contributed by atoms with E-state index in [9.17, 15) is 4.79 Å². The van der Waals surface area contributed by atoms with Crippen LogP contribution in [0.4, 0.5) is 0 Å². The summed E-state index contributed by atoms with van der Waals surface area (Å²) in [4.78, 5) is 13.9. The van der Waals surface area contributed by atoms with Gasteiger partial charge in [-0.05, 0) is 33.6 Å². The average Bonchev–Trinajstić information content (AvgIpc) is 2.28. The molecule has 0 unspecified atom stereocenters. The van der Waals surface area contributed by atoms with Crippen LogP contribution in [-0.4, -0.2) is 47.6 Å². The third-order valence-corrected chi connectivity index (χ3v) is 4.50. The Morgan fingerprint density at radius 1 is 1.31 bits per heavy atom. The molecule has 1 amide bonds. The van der Waals surface area contributed by atoms with Crippen LogP contribution in [0.15, 0.2) is 0 Å². The number of carbonyl (C=O) groups is 1. The standard InChI is InChI=1S/C12H23NO2S/c1-9(2)13(4)12(14)10(3)16-11-5-7-15-8-6-11/h9-11H,5-8H2,1-4H3/t10-/m1/s1. The first-order valence-electron chi connectivity index (χ1n) is 6.02. The monoisotopic (exact) mass is 245 g/mol. The number of rotatable bonds is 4. The molecule has 1 rings (SSSR count). The summed E-state index contributed by atoms with van der Waals surface area (Å²) in [7, 11) is 1.88. The molecule has 0 aromatic heterocycles. The molecule has 1 saturated heterocycles. The minimum Gasteiger partial charge on any atom is -0.381 e. The highest BCUT2D eigenvalue weighted by Crippen LogP contribution is 2.27.